The third-order valence-corrected chi connectivity index (χ3v) is 7.44. The summed E-state index contributed by atoms with van der Waals surface area (Å²) in [6.45, 7) is 2.53. The first-order chi connectivity index (χ1) is 11.4. The summed E-state index contributed by atoms with van der Waals surface area (Å²) >= 11 is 1.40. The molecule has 2 fully saturated rings. The van der Waals surface area contributed by atoms with Crippen LogP contribution >= 0.6 is 11.8 Å². The molecular formula is C16H20N2O4S2. The SMILES string of the molecule is CCOc1ccc(CC(=O)N=C2S[C@H]3CS(=O)(=O)C[C@H]3N2C)cc1. The van der Waals surface area contributed by atoms with Gasteiger partial charge in [-0.2, -0.15) is 4.99 Å². The van der Waals surface area contributed by atoms with E-state index < -0.39 is 9.84 Å². The topological polar surface area (TPSA) is 76.0 Å². The smallest absolute Gasteiger partial charge is 0.252 e. The van der Waals surface area contributed by atoms with Crippen LogP contribution in [0.5, 0.6) is 5.75 Å². The van der Waals surface area contributed by atoms with Gasteiger partial charge in [0.05, 0.1) is 30.6 Å². The van der Waals surface area contributed by atoms with Crippen molar-refractivity contribution in [1.29, 1.82) is 0 Å². The summed E-state index contributed by atoms with van der Waals surface area (Å²) in [7, 11) is -1.16. The van der Waals surface area contributed by atoms with E-state index in [2.05, 4.69) is 4.99 Å². The van der Waals surface area contributed by atoms with E-state index in [0.717, 1.165) is 11.3 Å². The minimum atomic E-state index is -2.96. The zero-order chi connectivity index (χ0) is 17.3. The van der Waals surface area contributed by atoms with Gasteiger partial charge in [0.2, 0.25) is 0 Å². The lowest BCUT2D eigenvalue weighted by atomic mass is 10.1. The predicted molar refractivity (Wildman–Crippen MR) is 95.3 cm³/mol. The zero-order valence-corrected chi connectivity index (χ0v) is 15.3. The second kappa shape index (κ2) is 6.76. The fraction of sp³-hybridized carbons (Fsp3) is 0.500. The van der Waals surface area contributed by atoms with Crippen LogP contribution in [0.4, 0.5) is 0 Å². The van der Waals surface area contributed by atoms with E-state index in [4.69, 9.17) is 4.74 Å². The molecule has 0 radical (unpaired) electrons. The molecule has 0 saturated carbocycles. The Morgan fingerprint density at radius 3 is 2.67 bits per heavy atom. The highest BCUT2D eigenvalue weighted by Crippen LogP contribution is 2.37. The van der Waals surface area contributed by atoms with Crippen LogP contribution in [0.15, 0.2) is 29.3 Å². The van der Waals surface area contributed by atoms with Crippen molar-refractivity contribution in [3.63, 3.8) is 0 Å². The molecule has 2 saturated heterocycles. The molecular weight excluding hydrogens is 348 g/mol. The first-order valence-electron chi connectivity index (χ1n) is 7.81. The van der Waals surface area contributed by atoms with Crippen LogP contribution in [0.3, 0.4) is 0 Å². The van der Waals surface area contributed by atoms with Crippen LogP contribution in [0.1, 0.15) is 12.5 Å². The molecule has 6 nitrogen and oxygen atoms in total. The summed E-state index contributed by atoms with van der Waals surface area (Å²) in [5, 5.41) is 0.605. The van der Waals surface area contributed by atoms with E-state index in [1.807, 2.05) is 43.1 Å². The molecule has 0 spiro atoms. The Hall–Kier alpha value is -1.54. The first kappa shape index (κ1) is 17.3. The van der Waals surface area contributed by atoms with Crippen LogP contribution in [0.25, 0.3) is 0 Å². The Bertz CT molecular complexity index is 759. The molecule has 1 aromatic rings. The maximum absolute atomic E-state index is 12.2. The lowest BCUT2D eigenvalue weighted by Crippen LogP contribution is -2.34. The molecule has 130 valence electrons. The van der Waals surface area contributed by atoms with Gasteiger partial charge in [0.15, 0.2) is 15.0 Å². The zero-order valence-electron chi connectivity index (χ0n) is 13.6. The van der Waals surface area contributed by atoms with Crippen molar-refractivity contribution in [2.45, 2.75) is 24.6 Å². The number of nitrogens with zero attached hydrogens (tertiary/aromatic N) is 2. The van der Waals surface area contributed by atoms with Crippen LogP contribution in [-0.2, 0) is 21.1 Å². The van der Waals surface area contributed by atoms with Crippen LogP contribution in [-0.4, -0.2) is 60.8 Å². The molecule has 0 aromatic heterocycles. The molecule has 8 heteroatoms. The van der Waals surface area contributed by atoms with E-state index in [9.17, 15) is 13.2 Å². The summed E-state index contributed by atoms with van der Waals surface area (Å²) in [6.07, 6.45) is 0.220. The number of thioether (sulfide) groups is 1. The summed E-state index contributed by atoms with van der Waals surface area (Å²) < 4.78 is 28.7. The molecule has 0 N–H and O–H groups in total. The van der Waals surface area contributed by atoms with E-state index in [-0.39, 0.29) is 35.1 Å². The standard InChI is InChI=1S/C16H20N2O4S2/c1-3-22-12-6-4-11(5-7-12)8-15(19)17-16-18(2)13-9-24(20,21)10-14(13)23-16/h4-7,13-14H,3,8-10H2,1-2H3/t13-,14+/m1/s1. The summed E-state index contributed by atoms with van der Waals surface area (Å²) in [4.78, 5) is 18.2. The van der Waals surface area contributed by atoms with Crippen molar-refractivity contribution in [3.8, 4) is 5.75 Å². The number of ether oxygens (including phenoxy) is 1. The highest BCUT2D eigenvalue weighted by atomic mass is 32.2. The van der Waals surface area contributed by atoms with E-state index in [1.165, 1.54) is 11.8 Å². The van der Waals surface area contributed by atoms with Crippen LogP contribution in [0, 0.1) is 0 Å². The van der Waals surface area contributed by atoms with Gasteiger partial charge in [0, 0.05) is 12.3 Å². The number of carbonyl (C=O) groups is 1. The molecule has 1 aromatic carbocycles. The minimum absolute atomic E-state index is 0.0166. The van der Waals surface area contributed by atoms with Crippen molar-refractivity contribution in [1.82, 2.24) is 4.90 Å². The Morgan fingerprint density at radius 1 is 1.33 bits per heavy atom. The number of benzene rings is 1. The maximum Gasteiger partial charge on any atom is 0.252 e. The third-order valence-electron chi connectivity index (χ3n) is 4.14. The quantitative estimate of drug-likeness (QED) is 0.799. The average Bonchev–Trinajstić information content (AvgIpc) is 2.95. The average molecular weight is 368 g/mol. The molecule has 2 aliphatic heterocycles. The number of rotatable bonds is 4. The highest BCUT2D eigenvalue weighted by Gasteiger charge is 2.47. The molecule has 2 aliphatic rings. The number of amides is 1. The van der Waals surface area contributed by atoms with Gasteiger partial charge in [0.25, 0.3) is 5.91 Å². The van der Waals surface area contributed by atoms with Crippen LogP contribution in [0.2, 0.25) is 0 Å². The Labute approximate surface area is 146 Å². The molecule has 0 unspecified atom stereocenters. The molecule has 0 aliphatic carbocycles. The Balaban J connectivity index is 1.63. The molecule has 3 rings (SSSR count). The Kier molecular flexibility index (Phi) is 4.87. The second-order valence-electron chi connectivity index (χ2n) is 5.95. The lowest BCUT2D eigenvalue weighted by molar-refractivity contribution is -0.117. The molecule has 1 amide bonds. The van der Waals surface area contributed by atoms with E-state index in [0.29, 0.717) is 11.8 Å². The van der Waals surface area contributed by atoms with Gasteiger partial charge in [-0.15, -0.1) is 0 Å². The fourth-order valence-electron chi connectivity index (χ4n) is 2.93. The van der Waals surface area contributed by atoms with Gasteiger partial charge >= 0.3 is 0 Å². The number of hydrogen-bond acceptors (Lipinski definition) is 5. The summed E-state index contributed by atoms with van der Waals surface area (Å²) in [5.74, 6) is 0.864. The molecule has 2 atom stereocenters. The fourth-order valence-corrected chi connectivity index (χ4v) is 6.94. The lowest BCUT2D eigenvalue weighted by Gasteiger charge is -2.17. The van der Waals surface area contributed by atoms with Crippen molar-refractivity contribution < 1.29 is 17.9 Å². The largest absolute Gasteiger partial charge is 0.494 e. The summed E-state index contributed by atoms with van der Waals surface area (Å²) in [5.41, 5.74) is 0.876. The predicted octanol–water partition coefficient (Wildman–Crippen LogP) is 1.35. The van der Waals surface area contributed by atoms with Gasteiger partial charge in [-0.3, -0.25) is 4.79 Å². The number of carbonyl (C=O) groups excluding carboxylic acids is 1. The third kappa shape index (κ3) is 3.75. The van der Waals surface area contributed by atoms with Gasteiger partial charge in [-0.1, -0.05) is 23.9 Å². The number of aliphatic imine (C=N–C) groups is 1. The van der Waals surface area contributed by atoms with Crippen molar-refractivity contribution >= 4 is 32.7 Å². The van der Waals surface area contributed by atoms with Crippen LogP contribution < -0.4 is 4.74 Å². The normalized spacial score (nSPS) is 26.6. The highest BCUT2D eigenvalue weighted by molar-refractivity contribution is 8.15. The van der Waals surface area contributed by atoms with E-state index >= 15 is 0 Å². The number of hydrogen-bond donors (Lipinski definition) is 0. The van der Waals surface area contributed by atoms with Gasteiger partial charge in [-0.05, 0) is 24.6 Å². The molecule has 24 heavy (non-hydrogen) atoms. The van der Waals surface area contributed by atoms with Crippen molar-refractivity contribution in [2.75, 3.05) is 25.2 Å². The van der Waals surface area contributed by atoms with Gasteiger partial charge in [0.1, 0.15) is 5.75 Å². The first-order valence-corrected chi connectivity index (χ1v) is 10.5. The summed E-state index contributed by atoms with van der Waals surface area (Å²) in [6, 6.07) is 7.32. The van der Waals surface area contributed by atoms with Gasteiger partial charge < -0.3 is 9.64 Å². The Morgan fingerprint density at radius 2 is 2.04 bits per heavy atom. The number of amidine groups is 1. The number of sulfone groups is 1. The van der Waals surface area contributed by atoms with Gasteiger partial charge in [-0.25, -0.2) is 8.42 Å². The maximum atomic E-state index is 12.2. The monoisotopic (exact) mass is 368 g/mol. The molecule has 0 bridgehead atoms. The molecule has 2 heterocycles. The van der Waals surface area contributed by atoms with E-state index in [1.54, 1.807) is 0 Å². The van der Waals surface area contributed by atoms with Crippen molar-refractivity contribution in [3.05, 3.63) is 29.8 Å². The minimum Gasteiger partial charge on any atom is -0.494 e. The second-order valence-corrected chi connectivity index (χ2v) is 9.31. The van der Waals surface area contributed by atoms with Crippen molar-refractivity contribution in [2.24, 2.45) is 4.99 Å². The number of fused-ring (bicyclic) bond motifs is 1.